The highest BCUT2D eigenvalue weighted by atomic mass is 79.9. The molecule has 0 atom stereocenters. The summed E-state index contributed by atoms with van der Waals surface area (Å²) in [7, 11) is 1.51. The molecule has 0 aliphatic heterocycles. The van der Waals surface area contributed by atoms with E-state index in [1.807, 2.05) is 0 Å². The number of ether oxygens (including phenoxy) is 1. The van der Waals surface area contributed by atoms with Crippen molar-refractivity contribution in [2.24, 2.45) is 5.10 Å². The van der Waals surface area contributed by atoms with Crippen molar-refractivity contribution in [1.29, 1.82) is 0 Å². The van der Waals surface area contributed by atoms with E-state index in [0.29, 0.717) is 10.2 Å². The van der Waals surface area contributed by atoms with Gasteiger partial charge in [-0.3, -0.25) is 5.43 Å². The highest BCUT2D eigenvalue weighted by Crippen LogP contribution is 2.34. The van der Waals surface area contributed by atoms with Gasteiger partial charge in [-0.25, -0.2) is 4.98 Å². The third-order valence-corrected chi connectivity index (χ3v) is 5.16. The van der Waals surface area contributed by atoms with E-state index in [1.165, 1.54) is 30.5 Å². The first-order chi connectivity index (χ1) is 10.7. The number of rotatable bonds is 4. The van der Waals surface area contributed by atoms with Crippen LogP contribution in [0, 0.1) is 0 Å². The number of fused-ring (bicyclic) bond motifs is 1. The maximum Gasteiger partial charge on any atom is 0.203 e. The molecule has 0 bridgehead atoms. The SMILES string of the molecule is COc1cc(C=NNc2nc3c(s2)CCCC3)cc(Br)c1O. The van der Waals surface area contributed by atoms with E-state index in [0.717, 1.165) is 23.5 Å². The summed E-state index contributed by atoms with van der Waals surface area (Å²) in [6.45, 7) is 0. The van der Waals surface area contributed by atoms with Crippen molar-refractivity contribution in [2.75, 3.05) is 12.5 Å². The van der Waals surface area contributed by atoms with Crippen molar-refractivity contribution >= 4 is 38.6 Å². The average Bonchev–Trinajstić information content (AvgIpc) is 2.93. The third-order valence-electron chi connectivity index (χ3n) is 3.49. The number of hydrazone groups is 1. The van der Waals surface area contributed by atoms with Crippen LogP contribution >= 0.6 is 27.3 Å². The molecule has 1 aromatic carbocycles. The smallest absolute Gasteiger partial charge is 0.203 e. The molecule has 1 heterocycles. The van der Waals surface area contributed by atoms with Crippen LogP contribution in [0.3, 0.4) is 0 Å². The number of phenols is 1. The standard InChI is InChI=1S/C15H16BrN3O2S/c1-21-12-7-9(6-10(16)14(12)20)8-17-19-15-18-11-4-2-3-5-13(11)22-15/h6-8,20H,2-5H2,1H3,(H,18,19). The first-order valence-electron chi connectivity index (χ1n) is 7.01. The highest BCUT2D eigenvalue weighted by Gasteiger charge is 2.14. The molecule has 1 aliphatic rings. The molecule has 0 spiro atoms. The van der Waals surface area contributed by atoms with Gasteiger partial charge in [0.1, 0.15) is 0 Å². The van der Waals surface area contributed by atoms with Crippen LogP contribution in [0.15, 0.2) is 21.7 Å². The lowest BCUT2D eigenvalue weighted by Crippen LogP contribution is -1.99. The zero-order chi connectivity index (χ0) is 15.5. The molecule has 5 nitrogen and oxygen atoms in total. The molecule has 0 fully saturated rings. The Morgan fingerprint density at radius 2 is 2.23 bits per heavy atom. The minimum Gasteiger partial charge on any atom is -0.503 e. The van der Waals surface area contributed by atoms with E-state index in [9.17, 15) is 5.11 Å². The summed E-state index contributed by atoms with van der Waals surface area (Å²) >= 11 is 4.96. The minimum atomic E-state index is 0.0835. The molecule has 0 saturated heterocycles. The monoisotopic (exact) mass is 381 g/mol. The van der Waals surface area contributed by atoms with Gasteiger partial charge in [-0.1, -0.05) is 0 Å². The van der Waals surface area contributed by atoms with Gasteiger partial charge in [0.05, 0.1) is 23.5 Å². The molecular weight excluding hydrogens is 366 g/mol. The van der Waals surface area contributed by atoms with Crippen molar-refractivity contribution < 1.29 is 9.84 Å². The number of phenolic OH excluding ortho intramolecular Hbond substituents is 1. The lowest BCUT2D eigenvalue weighted by molar-refractivity contribution is 0.372. The lowest BCUT2D eigenvalue weighted by atomic mass is 10.0. The number of thiazole rings is 1. The molecule has 1 aliphatic carbocycles. The quantitative estimate of drug-likeness (QED) is 0.621. The van der Waals surface area contributed by atoms with Crippen LogP contribution in [0.5, 0.6) is 11.5 Å². The summed E-state index contributed by atoms with van der Waals surface area (Å²) in [4.78, 5) is 5.94. The fraction of sp³-hybridized carbons (Fsp3) is 0.333. The number of halogens is 1. The Morgan fingerprint density at radius 1 is 1.41 bits per heavy atom. The molecule has 2 aromatic rings. The van der Waals surface area contributed by atoms with E-state index in [1.54, 1.807) is 29.7 Å². The Bertz CT molecular complexity index is 692. The summed E-state index contributed by atoms with van der Waals surface area (Å²) in [5.41, 5.74) is 5.01. The van der Waals surface area contributed by atoms with Crippen molar-refractivity contribution in [3.8, 4) is 11.5 Å². The number of nitrogens with one attached hydrogen (secondary N) is 1. The Kier molecular flexibility index (Phi) is 4.63. The topological polar surface area (TPSA) is 66.7 Å². The Morgan fingerprint density at radius 3 is 3.00 bits per heavy atom. The number of hydrogen-bond donors (Lipinski definition) is 2. The molecular formula is C15H16BrN3O2S. The predicted molar refractivity (Wildman–Crippen MR) is 92.3 cm³/mol. The van der Waals surface area contributed by atoms with Crippen LogP contribution in [0.4, 0.5) is 5.13 Å². The summed E-state index contributed by atoms with van der Waals surface area (Å²) in [5.74, 6) is 0.487. The molecule has 116 valence electrons. The van der Waals surface area contributed by atoms with Gasteiger partial charge in [0.2, 0.25) is 5.13 Å². The second kappa shape index (κ2) is 6.66. The average molecular weight is 382 g/mol. The summed E-state index contributed by atoms with van der Waals surface area (Å²) < 4.78 is 5.68. The van der Waals surface area contributed by atoms with Crippen molar-refractivity contribution in [2.45, 2.75) is 25.7 Å². The summed E-state index contributed by atoms with van der Waals surface area (Å²) in [6.07, 6.45) is 6.34. The highest BCUT2D eigenvalue weighted by molar-refractivity contribution is 9.10. The molecule has 0 radical (unpaired) electrons. The predicted octanol–water partition coefficient (Wildman–Crippen LogP) is 3.94. The van der Waals surface area contributed by atoms with Crippen LogP contribution in [-0.2, 0) is 12.8 Å². The normalized spacial score (nSPS) is 14.1. The largest absolute Gasteiger partial charge is 0.503 e. The molecule has 7 heteroatoms. The molecule has 0 unspecified atom stereocenters. The van der Waals surface area contributed by atoms with Crippen LogP contribution in [0.1, 0.15) is 29.0 Å². The van der Waals surface area contributed by atoms with E-state index >= 15 is 0 Å². The van der Waals surface area contributed by atoms with E-state index in [-0.39, 0.29) is 5.75 Å². The van der Waals surface area contributed by atoms with E-state index in [2.05, 4.69) is 31.4 Å². The third kappa shape index (κ3) is 3.25. The van der Waals surface area contributed by atoms with Gasteiger partial charge in [-0.15, -0.1) is 11.3 Å². The number of hydrogen-bond acceptors (Lipinski definition) is 6. The maximum absolute atomic E-state index is 9.78. The van der Waals surface area contributed by atoms with Gasteiger partial charge in [-0.2, -0.15) is 5.10 Å². The Labute approximate surface area is 141 Å². The Hall–Kier alpha value is -1.60. The van der Waals surface area contributed by atoms with Crippen LogP contribution in [-0.4, -0.2) is 23.4 Å². The first-order valence-corrected chi connectivity index (χ1v) is 8.62. The molecule has 1 aromatic heterocycles. The van der Waals surface area contributed by atoms with Crippen LogP contribution in [0.25, 0.3) is 0 Å². The maximum atomic E-state index is 9.78. The van der Waals surface area contributed by atoms with Gasteiger partial charge in [0, 0.05) is 4.88 Å². The van der Waals surface area contributed by atoms with Gasteiger partial charge >= 0.3 is 0 Å². The van der Waals surface area contributed by atoms with Gasteiger partial charge < -0.3 is 9.84 Å². The number of methoxy groups -OCH3 is 1. The zero-order valence-electron chi connectivity index (χ0n) is 12.1. The van der Waals surface area contributed by atoms with Crippen LogP contribution < -0.4 is 10.2 Å². The summed E-state index contributed by atoms with van der Waals surface area (Å²) in [5, 5.41) is 14.8. The van der Waals surface area contributed by atoms with Gasteiger partial charge in [-0.05, 0) is 59.3 Å². The van der Waals surface area contributed by atoms with Crippen LogP contribution in [0.2, 0.25) is 0 Å². The second-order valence-corrected chi connectivity index (χ2v) is 6.96. The minimum absolute atomic E-state index is 0.0835. The van der Waals surface area contributed by atoms with Gasteiger partial charge in [0.25, 0.3) is 0 Å². The number of aryl methyl sites for hydroxylation is 2. The Balaban J connectivity index is 1.72. The number of benzene rings is 1. The summed E-state index contributed by atoms with van der Waals surface area (Å²) in [6, 6.07) is 3.49. The number of aromatic nitrogens is 1. The van der Waals surface area contributed by atoms with Crippen molar-refractivity contribution in [3.05, 3.63) is 32.7 Å². The van der Waals surface area contributed by atoms with E-state index in [4.69, 9.17) is 4.74 Å². The zero-order valence-corrected chi connectivity index (χ0v) is 14.5. The number of nitrogens with zero attached hydrogens (tertiary/aromatic N) is 2. The first kappa shape index (κ1) is 15.3. The molecule has 2 N–H and O–H groups in total. The molecule has 0 amide bonds. The second-order valence-electron chi connectivity index (χ2n) is 5.02. The number of aromatic hydroxyl groups is 1. The fourth-order valence-corrected chi connectivity index (χ4v) is 3.84. The number of anilines is 1. The fourth-order valence-electron chi connectivity index (χ4n) is 2.39. The molecule has 3 rings (SSSR count). The molecule has 0 saturated carbocycles. The lowest BCUT2D eigenvalue weighted by Gasteiger charge is -2.06. The van der Waals surface area contributed by atoms with Crippen molar-refractivity contribution in [3.63, 3.8) is 0 Å². The van der Waals surface area contributed by atoms with E-state index < -0.39 is 0 Å². The van der Waals surface area contributed by atoms with Crippen molar-refractivity contribution in [1.82, 2.24) is 4.98 Å². The molecule has 22 heavy (non-hydrogen) atoms. The van der Waals surface area contributed by atoms with Gasteiger partial charge in [0.15, 0.2) is 11.5 Å².